The molecule has 0 unspecified atom stereocenters. The zero-order valence-corrected chi connectivity index (χ0v) is 16.0. The number of hydrogen-bond donors (Lipinski definition) is 1. The van der Waals surface area contributed by atoms with E-state index < -0.39 is 11.2 Å². The van der Waals surface area contributed by atoms with Gasteiger partial charge in [0.1, 0.15) is 17.6 Å². The molecule has 2 aromatic carbocycles. The maximum atomic E-state index is 11.2. The molecular formula is C20H21N3O3S. The first-order valence-electron chi connectivity index (χ1n) is 8.58. The number of rotatable bonds is 8. The van der Waals surface area contributed by atoms with E-state index in [1.54, 1.807) is 6.92 Å². The third kappa shape index (κ3) is 5.10. The quantitative estimate of drug-likeness (QED) is 0.597. The maximum Gasteiger partial charge on any atom is 0.316 e. The molecule has 6 nitrogen and oxygen atoms in total. The summed E-state index contributed by atoms with van der Waals surface area (Å²) < 4.78 is 7.75. The summed E-state index contributed by atoms with van der Waals surface area (Å²) in [4.78, 5) is 11.2. The second kappa shape index (κ2) is 8.73. The summed E-state index contributed by atoms with van der Waals surface area (Å²) in [5.41, 5.74) is 2.25. The molecule has 0 bridgehead atoms. The van der Waals surface area contributed by atoms with Crippen molar-refractivity contribution < 1.29 is 14.6 Å². The van der Waals surface area contributed by atoms with Crippen LogP contribution in [0.4, 0.5) is 0 Å². The van der Waals surface area contributed by atoms with E-state index in [-0.39, 0.29) is 6.61 Å². The van der Waals surface area contributed by atoms with E-state index in [4.69, 9.17) is 4.74 Å². The summed E-state index contributed by atoms with van der Waals surface area (Å²) in [5, 5.41) is 17.6. The molecule has 0 saturated carbocycles. The molecule has 0 aliphatic carbocycles. The largest absolute Gasteiger partial charge is 0.486 e. The summed E-state index contributed by atoms with van der Waals surface area (Å²) >= 11 is 1.18. The Labute approximate surface area is 162 Å². The Morgan fingerprint density at radius 2 is 1.85 bits per heavy atom. The van der Waals surface area contributed by atoms with Gasteiger partial charge >= 0.3 is 5.97 Å². The number of carboxylic acid groups (broad SMARTS) is 1. The minimum atomic E-state index is -0.883. The van der Waals surface area contributed by atoms with Gasteiger partial charge in [0.25, 0.3) is 0 Å². The summed E-state index contributed by atoms with van der Waals surface area (Å²) in [6.07, 6.45) is 0. The highest BCUT2D eigenvalue weighted by atomic mass is 32.2. The van der Waals surface area contributed by atoms with Crippen molar-refractivity contribution in [3.63, 3.8) is 0 Å². The van der Waals surface area contributed by atoms with Crippen molar-refractivity contribution in [2.24, 2.45) is 0 Å². The standard InChI is InChI=1S/C20H21N3O3S/c1-14-8-10-17(11-9-14)26-13-18-21-22-20(27-15(2)19(24)25)23(18)12-16-6-4-3-5-7-16/h3-11,15H,12-13H2,1-2H3,(H,24,25)/t15-/m0/s1. The molecular weight excluding hydrogens is 362 g/mol. The number of carboxylic acids is 1. The van der Waals surface area contributed by atoms with Crippen LogP contribution < -0.4 is 4.74 Å². The van der Waals surface area contributed by atoms with Crippen LogP contribution in [-0.2, 0) is 17.9 Å². The predicted octanol–water partition coefficient (Wildman–Crippen LogP) is 3.78. The van der Waals surface area contributed by atoms with E-state index in [0.717, 1.165) is 16.9 Å². The lowest BCUT2D eigenvalue weighted by molar-refractivity contribution is -0.136. The Kier molecular flexibility index (Phi) is 6.13. The molecule has 0 saturated heterocycles. The van der Waals surface area contributed by atoms with Crippen molar-refractivity contribution in [1.29, 1.82) is 0 Å². The fourth-order valence-electron chi connectivity index (χ4n) is 2.43. The molecule has 1 N–H and O–H groups in total. The number of thioether (sulfide) groups is 1. The number of nitrogens with zero attached hydrogens (tertiary/aromatic N) is 3. The highest BCUT2D eigenvalue weighted by Crippen LogP contribution is 2.24. The fourth-order valence-corrected chi connectivity index (χ4v) is 3.23. The lowest BCUT2D eigenvalue weighted by Crippen LogP contribution is -2.14. The number of hydrogen-bond acceptors (Lipinski definition) is 5. The van der Waals surface area contributed by atoms with Gasteiger partial charge in [-0.3, -0.25) is 9.36 Å². The van der Waals surface area contributed by atoms with Gasteiger partial charge in [0, 0.05) is 0 Å². The number of ether oxygens (including phenoxy) is 1. The summed E-state index contributed by atoms with van der Waals surface area (Å²) in [6.45, 7) is 4.46. The van der Waals surface area contributed by atoms with Gasteiger partial charge in [-0.15, -0.1) is 10.2 Å². The molecule has 0 radical (unpaired) electrons. The average molecular weight is 383 g/mol. The minimum absolute atomic E-state index is 0.255. The molecule has 0 aliphatic rings. The molecule has 7 heteroatoms. The van der Waals surface area contributed by atoms with Crippen molar-refractivity contribution in [1.82, 2.24) is 14.8 Å². The average Bonchev–Trinajstić information content (AvgIpc) is 3.03. The first-order valence-corrected chi connectivity index (χ1v) is 9.46. The molecule has 3 aromatic rings. The van der Waals surface area contributed by atoms with E-state index in [2.05, 4.69) is 10.2 Å². The third-order valence-corrected chi connectivity index (χ3v) is 5.06. The number of benzene rings is 2. The fraction of sp³-hybridized carbons (Fsp3) is 0.250. The van der Waals surface area contributed by atoms with Crippen LogP contribution >= 0.6 is 11.8 Å². The number of aromatic nitrogens is 3. The Morgan fingerprint density at radius 3 is 2.52 bits per heavy atom. The van der Waals surface area contributed by atoms with E-state index in [0.29, 0.717) is 17.5 Å². The monoisotopic (exact) mass is 383 g/mol. The van der Waals surface area contributed by atoms with E-state index >= 15 is 0 Å². The van der Waals surface area contributed by atoms with E-state index in [1.165, 1.54) is 11.8 Å². The van der Waals surface area contributed by atoms with Gasteiger partial charge in [0.2, 0.25) is 0 Å². The van der Waals surface area contributed by atoms with Crippen LogP contribution in [0.15, 0.2) is 59.8 Å². The summed E-state index contributed by atoms with van der Waals surface area (Å²) in [6, 6.07) is 17.7. The SMILES string of the molecule is Cc1ccc(OCc2nnc(S[C@@H](C)C(=O)O)n2Cc2ccccc2)cc1. The lowest BCUT2D eigenvalue weighted by atomic mass is 10.2. The predicted molar refractivity (Wildman–Crippen MR) is 104 cm³/mol. The van der Waals surface area contributed by atoms with E-state index in [9.17, 15) is 9.90 Å². The number of carbonyl (C=O) groups is 1. The zero-order valence-electron chi connectivity index (χ0n) is 15.2. The van der Waals surface area contributed by atoms with Crippen LogP contribution in [-0.4, -0.2) is 31.1 Å². The van der Waals surface area contributed by atoms with Crippen LogP contribution in [0.25, 0.3) is 0 Å². The lowest BCUT2D eigenvalue weighted by Gasteiger charge is -2.12. The van der Waals surface area contributed by atoms with Crippen LogP contribution in [0.3, 0.4) is 0 Å². The van der Waals surface area contributed by atoms with Gasteiger partial charge in [0.05, 0.1) is 6.54 Å². The van der Waals surface area contributed by atoms with Gasteiger partial charge in [-0.2, -0.15) is 0 Å². The van der Waals surface area contributed by atoms with Crippen molar-refractivity contribution >= 4 is 17.7 Å². The van der Waals surface area contributed by atoms with Gasteiger partial charge in [0.15, 0.2) is 11.0 Å². The molecule has 1 aromatic heterocycles. The van der Waals surface area contributed by atoms with Crippen LogP contribution in [0, 0.1) is 6.92 Å². The molecule has 0 spiro atoms. The Hall–Kier alpha value is -2.80. The Bertz CT molecular complexity index is 895. The molecule has 0 aliphatic heterocycles. The topological polar surface area (TPSA) is 77.2 Å². The molecule has 27 heavy (non-hydrogen) atoms. The molecule has 0 fully saturated rings. The van der Waals surface area contributed by atoms with Crippen LogP contribution in [0.5, 0.6) is 5.75 Å². The second-order valence-electron chi connectivity index (χ2n) is 6.17. The number of aliphatic carboxylic acids is 1. The Morgan fingerprint density at radius 1 is 1.15 bits per heavy atom. The highest BCUT2D eigenvalue weighted by Gasteiger charge is 2.20. The molecule has 0 amide bonds. The Balaban J connectivity index is 1.82. The molecule has 1 atom stereocenters. The summed E-state index contributed by atoms with van der Waals surface area (Å²) in [5.74, 6) is 0.522. The first kappa shape index (κ1) is 19.0. The summed E-state index contributed by atoms with van der Waals surface area (Å²) in [7, 11) is 0. The highest BCUT2D eigenvalue weighted by molar-refractivity contribution is 8.00. The molecule has 1 heterocycles. The van der Waals surface area contributed by atoms with Gasteiger partial charge in [-0.05, 0) is 31.5 Å². The molecule has 140 valence electrons. The second-order valence-corrected chi connectivity index (χ2v) is 7.48. The van der Waals surface area contributed by atoms with Crippen molar-refractivity contribution in [2.45, 2.75) is 37.4 Å². The minimum Gasteiger partial charge on any atom is -0.486 e. The maximum absolute atomic E-state index is 11.2. The van der Waals surface area contributed by atoms with Gasteiger partial charge in [-0.25, -0.2) is 0 Å². The first-order chi connectivity index (χ1) is 13.0. The number of aryl methyl sites for hydroxylation is 1. The zero-order chi connectivity index (χ0) is 19.2. The third-order valence-electron chi connectivity index (χ3n) is 4.00. The van der Waals surface area contributed by atoms with Crippen molar-refractivity contribution in [2.75, 3.05) is 0 Å². The van der Waals surface area contributed by atoms with Crippen LogP contribution in [0.2, 0.25) is 0 Å². The molecule has 3 rings (SSSR count). The van der Waals surface area contributed by atoms with Crippen LogP contribution in [0.1, 0.15) is 23.9 Å². The van der Waals surface area contributed by atoms with Crippen molar-refractivity contribution in [3.8, 4) is 5.75 Å². The van der Waals surface area contributed by atoms with Gasteiger partial charge in [-0.1, -0.05) is 59.8 Å². The van der Waals surface area contributed by atoms with Gasteiger partial charge < -0.3 is 9.84 Å². The van der Waals surface area contributed by atoms with Crippen molar-refractivity contribution in [3.05, 3.63) is 71.5 Å². The smallest absolute Gasteiger partial charge is 0.316 e. The van der Waals surface area contributed by atoms with E-state index in [1.807, 2.05) is 66.1 Å². The normalized spacial score (nSPS) is 11.9.